The van der Waals surface area contributed by atoms with E-state index in [0.29, 0.717) is 36.5 Å². The molecule has 1 saturated heterocycles. The predicted octanol–water partition coefficient (Wildman–Crippen LogP) is 6.41. The fourth-order valence-corrected chi connectivity index (χ4v) is 5.43. The highest BCUT2D eigenvalue weighted by Crippen LogP contribution is 2.38. The number of hydrogen-bond acceptors (Lipinski definition) is 7. The summed E-state index contributed by atoms with van der Waals surface area (Å²) < 4.78 is 50.1. The molecule has 1 aromatic carbocycles. The Bertz CT molecular complexity index is 968. The van der Waals surface area contributed by atoms with E-state index < -0.39 is 11.7 Å². The summed E-state index contributed by atoms with van der Waals surface area (Å²) in [4.78, 5) is 11.0. The third-order valence-corrected chi connectivity index (χ3v) is 7.34. The maximum atomic E-state index is 13.7. The van der Waals surface area contributed by atoms with Crippen molar-refractivity contribution in [2.45, 2.75) is 69.0 Å². The topological polar surface area (TPSA) is 62.3 Å². The summed E-state index contributed by atoms with van der Waals surface area (Å²) in [6, 6.07) is 6.20. The van der Waals surface area contributed by atoms with Crippen molar-refractivity contribution >= 4 is 29.4 Å². The van der Waals surface area contributed by atoms with Gasteiger partial charge in [0.05, 0.1) is 12.8 Å². The van der Waals surface area contributed by atoms with E-state index >= 15 is 0 Å². The molecule has 10 heteroatoms. The number of piperidine rings is 1. The summed E-state index contributed by atoms with van der Waals surface area (Å²) in [5, 5.41) is 3.05. The molecule has 34 heavy (non-hydrogen) atoms. The third-order valence-electron chi connectivity index (χ3n) is 6.40. The Labute approximate surface area is 203 Å². The molecule has 2 fully saturated rings. The lowest BCUT2D eigenvalue weighted by Gasteiger charge is -2.33. The minimum atomic E-state index is -4.52. The van der Waals surface area contributed by atoms with Crippen molar-refractivity contribution < 1.29 is 17.9 Å². The molecule has 1 atom stereocenters. The zero-order chi connectivity index (χ0) is 24.1. The highest BCUT2D eigenvalue weighted by atomic mass is 32.2. The molecule has 2 aromatic rings. The van der Waals surface area contributed by atoms with Crippen molar-refractivity contribution in [3.8, 4) is 5.75 Å². The van der Waals surface area contributed by atoms with Crippen molar-refractivity contribution in [3.05, 3.63) is 30.0 Å². The highest BCUT2D eigenvalue weighted by Gasteiger charge is 2.37. The number of nitrogens with zero attached hydrogens (tertiary/aromatic N) is 3. The van der Waals surface area contributed by atoms with Crippen LogP contribution in [-0.4, -0.2) is 36.2 Å². The van der Waals surface area contributed by atoms with Crippen molar-refractivity contribution in [1.82, 2.24) is 14.7 Å². The third kappa shape index (κ3) is 6.27. The first-order valence-electron chi connectivity index (χ1n) is 11.9. The Morgan fingerprint density at radius 1 is 1.12 bits per heavy atom. The number of methoxy groups -OCH3 is 1. The first-order valence-corrected chi connectivity index (χ1v) is 12.7. The summed E-state index contributed by atoms with van der Waals surface area (Å²) in [6.45, 7) is 3.14. The normalized spacial score (nSPS) is 19.8. The number of anilines is 3. The quantitative estimate of drug-likeness (QED) is 0.430. The Hall–Kier alpha value is -2.20. The minimum Gasteiger partial charge on any atom is -0.495 e. The molecule has 1 aliphatic heterocycles. The largest absolute Gasteiger partial charge is 0.495 e. The summed E-state index contributed by atoms with van der Waals surface area (Å²) >= 11 is 1.58. The van der Waals surface area contributed by atoms with Crippen LogP contribution in [0.3, 0.4) is 0 Å². The molecular weight excluding hydrogens is 463 g/mol. The van der Waals surface area contributed by atoms with Crippen LogP contribution in [0.25, 0.3) is 0 Å². The summed E-state index contributed by atoms with van der Waals surface area (Å²) in [5.41, 5.74) is -0.207. The lowest BCUT2D eigenvalue weighted by Crippen LogP contribution is -2.36. The van der Waals surface area contributed by atoms with E-state index in [2.05, 4.69) is 20.0 Å². The van der Waals surface area contributed by atoms with E-state index in [1.54, 1.807) is 24.0 Å². The van der Waals surface area contributed by atoms with Crippen LogP contribution in [0.5, 0.6) is 5.75 Å². The molecule has 1 aromatic heterocycles. The Balaban J connectivity index is 1.52. The molecule has 2 aliphatic rings. The number of hydrogen-bond donors (Lipinski definition) is 2. The van der Waals surface area contributed by atoms with Gasteiger partial charge in [0.1, 0.15) is 17.1 Å². The Morgan fingerprint density at radius 2 is 1.91 bits per heavy atom. The molecule has 4 rings (SSSR count). The molecule has 1 aliphatic carbocycles. The van der Waals surface area contributed by atoms with Crippen molar-refractivity contribution in [3.63, 3.8) is 0 Å². The second-order valence-corrected chi connectivity index (χ2v) is 10.1. The molecule has 0 radical (unpaired) electrons. The van der Waals surface area contributed by atoms with Gasteiger partial charge in [0.15, 0.2) is 0 Å². The molecule has 0 amide bonds. The van der Waals surface area contributed by atoms with E-state index in [0.717, 1.165) is 23.9 Å². The van der Waals surface area contributed by atoms with Gasteiger partial charge < -0.3 is 15.0 Å². The molecule has 1 unspecified atom stereocenters. The van der Waals surface area contributed by atoms with E-state index in [1.807, 2.05) is 25.1 Å². The Kier molecular flexibility index (Phi) is 8.08. The molecule has 2 N–H and O–H groups in total. The Morgan fingerprint density at radius 3 is 2.62 bits per heavy atom. The van der Waals surface area contributed by atoms with Gasteiger partial charge in [0.2, 0.25) is 5.95 Å². The van der Waals surface area contributed by atoms with Crippen molar-refractivity contribution in [1.29, 1.82) is 0 Å². The second kappa shape index (κ2) is 11.0. The van der Waals surface area contributed by atoms with Crippen LogP contribution in [0.4, 0.5) is 30.6 Å². The van der Waals surface area contributed by atoms with E-state index in [4.69, 9.17) is 4.74 Å². The van der Waals surface area contributed by atoms with Gasteiger partial charge in [-0.15, -0.1) is 0 Å². The van der Waals surface area contributed by atoms with Gasteiger partial charge in [-0.05, 0) is 61.7 Å². The molecule has 2 heterocycles. The minimum absolute atomic E-state index is 0.0700. The molecule has 1 saturated carbocycles. The average molecular weight is 496 g/mol. The number of alkyl halides is 3. The predicted molar refractivity (Wildman–Crippen MR) is 130 cm³/mol. The summed E-state index contributed by atoms with van der Waals surface area (Å²) in [5.74, 6) is 0.931. The number of rotatable bonds is 7. The van der Waals surface area contributed by atoms with Crippen LogP contribution in [0, 0.1) is 5.92 Å². The zero-order valence-corrected chi connectivity index (χ0v) is 20.4. The summed E-state index contributed by atoms with van der Waals surface area (Å²) in [6.07, 6.45) is 4.40. The monoisotopic (exact) mass is 495 g/mol. The SMILES string of the molecule is COc1cc(SNC2CCCCC2)ccc1Nc1ncc(C(F)(F)F)c(N2CCCC(C)C2)n1. The first kappa shape index (κ1) is 24.9. The standard InChI is InChI=1S/C24H32F3N5OS/c1-16-7-6-12-32(15-16)22-19(24(25,26)27)14-28-23(30-22)29-20-11-10-18(13-21(20)33-2)34-31-17-8-4-3-5-9-17/h10-11,13-14,16-17,31H,3-9,12,15H2,1-2H3,(H,28,29,30). The van der Waals surface area contributed by atoms with Crippen LogP contribution < -0.4 is 19.7 Å². The van der Waals surface area contributed by atoms with Crippen LogP contribution in [-0.2, 0) is 6.18 Å². The highest BCUT2D eigenvalue weighted by molar-refractivity contribution is 7.97. The smallest absolute Gasteiger partial charge is 0.421 e. The number of halogens is 3. The molecular formula is C24H32F3N5OS. The van der Waals surface area contributed by atoms with Gasteiger partial charge in [-0.25, -0.2) is 4.98 Å². The van der Waals surface area contributed by atoms with Crippen LogP contribution in [0.15, 0.2) is 29.3 Å². The second-order valence-electron chi connectivity index (χ2n) is 9.16. The maximum Gasteiger partial charge on any atom is 0.421 e. The number of aromatic nitrogens is 2. The molecule has 6 nitrogen and oxygen atoms in total. The van der Waals surface area contributed by atoms with Crippen molar-refractivity contribution in [2.24, 2.45) is 5.92 Å². The van der Waals surface area contributed by atoms with Crippen LogP contribution in [0.1, 0.15) is 57.4 Å². The van der Waals surface area contributed by atoms with Crippen LogP contribution >= 0.6 is 11.9 Å². The number of nitrogens with one attached hydrogen (secondary N) is 2. The first-order chi connectivity index (χ1) is 16.3. The fourth-order valence-electron chi connectivity index (χ4n) is 4.59. The van der Waals surface area contributed by atoms with Crippen LogP contribution in [0.2, 0.25) is 0 Å². The summed E-state index contributed by atoms with van der Waals surface area (Å²) in [7, 11) is 1.57. The number of benzene rings is 1. The van der Waals surface area contributed by atoms with E-state index in [9.17, 15) is 13.2 Å². The molecule has 186 valence electrons. The maximum absolute atomic E-state index is 13.7. The average Bonchev–Trinajstić information content (AvgIpc) is 2.83. The number of ether oxygens (including phenoxy) is 1. The lowest BCUT2D eigenvalue weighted by atomic mass is 9.96. The van der Waals surface area contributed by atoms with Crippen molar-refractivity contribution in [2.75, 3.05) is 30.4 Å². The molecule has 0 bridgehead atoms. The fraction of sp³-hybridized carbons (Fsp3) is 0.583. The van der Waals surface area contributed by atoms with Gasteiger partial charge in [0, 0.05) is 30.2 Å². The van der Waals surface area contributed by atoms with Gasteiger partial charge in [-0.3, -0.25) is 4.72 Å². The van der Waals surface area contributed by atoms with E-state index in [-0.39, 0.29) is 11.8 Å². The van der Waals surface area contributed by atoms with Gasteiger partial charge in [-0.1, -0.05) is 26.2 Å². The van der Waals surface area contributed by atoms with Gasteiger partial charge >= 0.3 is 6.18 Å². The lowest BCUT2D eigenvalue weighted by molar-refractivity contribution is -0.137. The van der Waals surface area contributed by atoms with Gasteiger partial charge in [-0.2, -0.15) is 18.2 Å². The zero-order valence-electron chi connectivity index (χ0n) is 19.6. The molecule has 0 spiro atoms. The van der Waals surface area contributed by atoms with Gasteiger partial charge in [0.25, 0.3) is 0 Å². The van der Waals surface area contributed by atoms with E-state index in [1.165, 1.54) is 32.1 Å².